The number of nitrogens with two attached hydrogens (primary N) is 2. The maximum absolute atomic E-state index is 13.2. The van der Waals surface area contributed by atoms with Gasteiger partial charge in [-0.3, -0.25) is 0 Å². The quantitative estimate of drug-likeness (QED) is 0.685. The predicted molar refractivity (Wildman–Crippen MR) is 54.2 cm³/mol. The van der Waals surface area contributed by atoms with Crippen LogP contribution in [0.1, 0.15) is 0 Å². The molecule has 15 heavy (non-hydrogen) atoms. The molecule has 1 aromatic carbocycles. The van der Waals surface area contributed by atoms with E-state index in [1.54, 1.807) is 0 Å². The van der Waals surface area contributed by atoms with E-state index in [1.807, 2.05) is 0 Å². The van der Waals surface area contributed by atoms with E-state index in [1.165, 1.54) is 18.2 Å². The molecule has 0 fully saturated rings. The van der Waals surface area contributed by atoms with Crippen LogP contribution in [0.25, 0.3) is 0 Å². The van der Waals surface area contributed by atoms with Gasteiger partial charge in [0.25, 0.3) is 0 Å². The first-order valence-corrected chi connectivity index (χ1v) is 4.34. The molecular weight excluding hydrogens is 201 g/mol. The largest absolute Gasteiger partial charge is 0.410 e. The molecule has 1 aromatic rings. The number of amides is 1. The number of benzene rings is 1. The zero-order chi connectivity index (χ0) is 11.3. The molecule has 0 unspecified atom stereocenters. The molecule has 0 heterocycles. The van der Waals surface area contributed by atoms with Crippen LogP contribution in [-0.2, 0) is 0 Å². The van der Waals surface area contributed by atoms with Gasteiger partial charge in [-0.1, -0.05) is 0 Å². The molecule has 0 aromatic heterocycles. The van der Waals surface area contributed by atoms with E-state index >= 15 is 0 Å². The lowest BCUT2D eigenvalue weighted by molar-refractivity contribution is 0.211. The number of rotatable bonds is 4. The van der Waals surface area contributed by atoms with Gasteiger partial charge in [0.05, 0.1) is 5.69 Å². The molecule has 0 aliphatic rings. The molecule has 0 aliphatic heterocycles. The number of halogens is 1. The SMILES string of the molecule is NCCNc1cc(OC(N)=O)ccc1F. The van der Waals surface area contributed by atoms with E-state index in [-0.39, 0.29) is 11.4 Å². The van der Waals surface area contributed by atoms with Crippen molar-refractivity contribution in [2.45, 2.75) is 0 Å². The fourth-order valence-electron chi connectivity index (χ4n) is 1.03. The second-order valence-corrected chi connectivity index (χ2v) is 2.78. The zero-order valence-electron chi connectivity index (χ0n) is 8.00. The number of carbonyl (C=O) groups is 1. The lowest BCUT2D eigenvalue weighted by atomic mass is 10.3. The fourth-order valence-corrected chi connectivity index (χ4v) is 1.03. The van der Waals surface area contributed by atoms with E-state index in [9.17, 15) is 9.18 Å². The van der Waals surface area contributed by atoms with E-state index < -0.39 is 11.9 Å². The molecule has 0 spiro atoms. The summed E-state index contributed by atoms with van der Waals surface area (Å²) in [5, 5.41) is 2.74. The summed E-state index contributed by atoms with van der Waals surface area (Å²) in [6.45, 7) is 0.803. The summed E-state index contributed by atoms with van der Waals surface area (Å²) < 4.78 is 17.7. The average Bonchev–Trinajstić information content (AvgIpc) is 2.18. The average molecular weight is 213 g/mol. The van der Waals surface area contributed by atoms with Crippen molar-refractivity contribution in [2.24, 2.45) is 11.5 Å². The van der Waals surface area contributed by atoms with Crippen LogP contribution < -0.4 is 21.5 Å². The number of ether oxygens (including phenoxy) is 1. The monoisotopic (exact) mass is 213 g/mol. The van der Waals surface area contributed by atoms with Crippen molar-refractivity contribution in [1.29, 1.82) is 0 Å². The Balaban J connectivity index is 2.79. The molecule has 5 nitrogen and oxygen atoms in total. The maximum atomic E-state index is 13.2. The van der Waals surface area contributed by atoms with Crippen LogP contribution in [-0.4, -0.2) is 19.2 Å². The van der Waals surface area contributed by atoms with Gasteiger partial charge in [0.1, 0.15) is 11.6 Å². The number of anilines is 1. The third kappa shape index (κ3) is 3.43. The van der Waals surface area contributed by atoms with Crippen LogP contribution in [0.3, 0.4) is 0 Å². The molecule has 0 aliphatic carbocycles. The molecule has 0 radical (unpaired) electrons. The highest BCUT2D eigenvalue weighted by atomic mass is 19.1. The van der Waals surface area contributed by atoms with Crippen molar-refractivity contribution in [1.82, 2.24) is 0 Å². The van der Waals surface area contributed by atoms with Gasteiger partial charge in [0.2, 0.25) is 0 Å². The Bertz CT molecular complexity index is 357. The molecule has 1 rings (SSSR count). The number of hydrogen-bond acceptors (Lipinski definition) is 4. The normalized spacial score (nSPS) is 9.73. The van der Waals surface area contributed by atoms with Crippen LogP contribution in [0.5, 0.6) is 5.75 Å². The summed E-state index contributed by atoms with van der Waals surface area (Å²) in [5.74, 6) is -0.260. The molecule has 1 amide bonds. The minimum atomic E-state index is -0.939. The molecule has 0 bridgehead atoms. The molecule has 0 saturated carbocycles. The highest BCUT2D eigenvalue weighted by molar-refractivity contribution is 5.68. The van der Waals surface area contributed by atoms with Gasteiger partial charge in [0.15, 0.2) is 0 Å². The van der Waals surface area contributed by atoms with Crippen molar-refractivity contribution in [3.8, 4) is 5.75 Å². The van der Waals surface area contributed by atoms with Gasteiger partial charge in [0, 0.05) is 19.2 Å². The Morgan fingerprint density at radius 2 is 2.27 bits per heavy atom. The van der Waals surface area contributed by atoms with Crippen LogP contribution >= 0.6 is 0 Å². The summed E-state index contributed by atoms with van der Waals surface area (Å²) in [5.41, 5.74) is 10.3. The van der Waals surface area contributed by atoms with Crippen LogP contribution in [0.2, 0.25) is 0 Å². The second-order valence-electron chi connectivity index (χ2n) is 2.78. The number of primary amides is 1. The van der Waals surface area contributed by atoms with Crippen molar-refractivity contribution in [2.75, 3.05) is 18.4 Å². The first kappa shape index (κ1) is 11.3. The third-order valence-corrected chi connectivity index (χ3v) is 1.62. The van der Waals surface area contributed by atoms with Gasteiger partial charge in [-0.2, -0.15) is 0 Å². The Labute approximate surface area is 86.2 Å². The third-order valence-electron chi connectivity index (χ3n) is 1.62. The topological polar surface area (TPSA) is 90.4 Å². The molecule has 5 N–H and O–H groups in total. The zero-order valence-corrected chi connectivity index (χ0v) is 8.00. The fraction of sp³-hybridized carbons (Fsp3) is 0.222. The summed E-state index contributed by atoms with van der Waals surface area (Å²) in [6.07, 6.45) is -0.939. The first-order chi connectivity index (χ1) is 7.13. The van der Waals surface area contributed by atoms with E-state index in [0.29, 0.717) is 13.1 Å². The Morgan fingerprint density at radius 1 is 1.53 bits per heavy atom. The second kappa shape index (κ2) is 5.16. The summed E-state index contributed by atoms with van der Waals surface area (Å²) in [7, 11) is 0. The van der Waals surface area contributed by atoms with E-state index in [0.717, 1.165) is 0 Å². The van der Waals surface area contributed by atoms with Crippen LogP contribution in [0.4, 0.5) is 14.9 Å². The summed E-state index contributed by atoms with van der Waals surface area (Å²) >= 11 is 0. The summed E-state index contributed by atoms with van der Waals surface area (Å²) in [6, 6.07) is 3.83. The standard InChI is InChI=1S/C9H12FN3O2/c10-7-2-1-6(15-9(12)14)5-8(7)13-4-3-11/h1-2,5,13H,3-4,11H2,(H2,12,14). The lowest BCUT2D eigenvalue weighted by Crippen LogP contribution is -2.17. The maximum Gasteiger partial charge on any atom is 0.409 e. The first-order valence-electron chi connectivity index (χ1n) is 4.34. The molecule has 0 atom stereocenters. The smallest absolute Gasteiger partial charge is 0.409 e. The van der Waals surface area contributed by atoms with Crippen molar-refractivity contribution >= 4 is 11.8 Å². The predicted octanol–water partition coefficient (Wildman–Crippen LogP) is 0.654. The van der Waals surface area contributed by atoms with Crippen molar-refractivity contribution < 1.29 is 13.9 Å². The minimum Gasteiger partial charge on any atom is -0.410 e. The molecule has 0 saturated heterocycles. The number of hydrogen-bond donors (Lipinski definition) is 3. The lowest BCUT2D eigenvalue weighted by Gasteiger charge is -2.07. The minimum absolute atomic E-state index is 0.184. The van der Waals surface area contributed by atoms with Gasteiger partial charge < -0.3 is 21.5 Å². The van der Waals surface area contributed by atoms with Crippen molar-refractivity contribution in [3.63, 3.8) is 0 Å². The molecule has 82 valence electrons. The Kier molecular flexibility index (Phi) is 3.87. The van der Waals surface area contributed by atoms with E-state index in [4.69, 9.17) is 11.5 Å². The van der Waals surface area contributed by atoms with Gasteiger partial charge in [-0.15, -0.1) is 0 Å². The van der Waals surface area contributed by atoms with E-state index in [2.05, 4.69) is 10.1 Å². The highest BCUT2D eigenvalue weighted by Gasteiger charge is 2.05. The molecule has 6 heteroatoms. The highest BCUT2D eigenvalue weighted by Crippen LogP contribution is 2.20. The number of nitrogens with one attached hydrogen (secondary N) is 1. The van der Waals surface area contributed by atoms with Crippen molar-refractivity contribution in [3.05, 3.63) is 24.0 Å². The Morgan fingerprint density at radius 3 is 2.87 bits per heavy atom. The summed E-state index contributed by atoms with van der Waals surface area (Å²) in [4.78, 5) is 10.4. The molecular formula is C9H12FN3O2. The van der Waals surface area contributed by atoms with Crippen LogP contribution in [0.15, 0.2) is 18.2 Å². The Hall–Kier alpha value is -1.82. The number of carbonyl (C=O) groups excluding carboxylic acids is 1. The van der Waals surface area contributed by atoms with Gasteiger partial charge in [-0.05, 0) is 12.1 Å². The van der Waals surface area contributed by atoms with Gasteiger partial charge in [-0.25, -0.2) is 9.18 Å². The van der Waals surface area contributed by atoms with Gasteiger partial charge >= 0.3 is 6.09 Å². The van der Waals surface area contributed by atoms with Crippen LogP contribution in [0, 0.1) is 5.82 Å².